The van der Waals surface area contributed by atoms with Gasteiger partial charge < -0.3 is 5.32 Å². The predicted molar refractivity (Wildman–Crippen MR) is 80.2 cm³/mol. The SMILES string of the molecule is Fc1ccccc1Nc1nc2ccccc2n2ccnc12. The quantitative estimate of drug-likeness (QED) is 0.607. The van der Waals surface area contributed by atoms with Gasteiger partial charge >= 0.3 is 0 Å². The van der Waals surface area contributed by atoms with E-state index in [4.69, 9.17) is 0 Å². The van der Waals surface area contributed by atoms with Gasteiger partial charge in [0.25, 0.3) is 0 Å². The van der Waals surface area contributed by atoms with Gasteiger partial charge in [0.1, 0.15) is 5.82 Å². The zero-order chi connectivity index (χ0) is 14.2. The molecule has 21 heavy (non-hydrogen) atoms. The van der Waals surface area contributed by atoms with Gasteiger partial charge in [-0.1, -0.05) is 24.3 Å². The molecular weight excluding hydrogens is 267 g/mol. The molecule has 4 aromatic rings. The molecule has 0 fully saturated rings. The number of imidazole rings is 1. The third-order valence-electron chi connectivity index (χ3n) is 3.35. The van der Waals surface area contributed by atoms with Crippen LogP contribution in [0.2, 0.25) is 0 Å². The van der Waals surface area contributed by atoms with Crippen molar-refractivity contribution in [2.75, 3.05) is 5.32 Å². The number of aromatic nitrogens is 3. The van der Waals surface area contributed by atoms with Crippen LogP contribution in [-0.4, -0.2) is 14.4 Å². The molecule has 0 radical (unpaired) electrons. The molecule has 0 atom stereocenters. The molecule has 2 aromatic carbocycles. The molecule has 0 saturated carbocycles. The highest BCUT2D eigenvalue weighted by atomic mass is 19.1. The topological polar surface area (TPSA) is 42.2 Å². The largest absolute Gasteiger partial charge is 0.335 e. The van der Waals surface area contributed by atoms with E-state index in [0.717, 1.165) is 11.0 Å². The zero-order valence-electron chi connectivity index (χ0n) is 11.0. The molecule has 5 heteroatoms. The third-order valence-corrected chi connectivity index (χ3v) is 3.35. The minimum atomic E-state index is -0.322. The number of para-hydroxylation sites is 3. The van der Waals surface area contributed by atoms with Gasteiger partial charge in [0.05, 0.1) is 16.7 Å². The molecule has 0 spiro atoms. The monoisotopic (exact) mass is 278 g/mol. The van der Waals surface area contributed by atoms with Gasteiger partial charge in [-0.3, -0.25) is 4.40 Å². The zero-order valence-corrected chi connectivity index (χ0v) is 11.0. The van der Waals surface area contributed by atoms with Crippen LogP contribution in [0.4, 0.5) is 15.9 Å². The highest BCUT2D eigenvalue weighted by Crippen LogP contribution is 2.24. The first-order valence-corrected chi connectivity index (χ1v) is 6.56. The molecule has 4 rings (SSSR count). The number of nitrogens with one attached hydrogen (secondary N) is 1. The number of halogens is 1. The van der Waals surface area contributed by atoms with E-state index in [9.17, 15) is 4.39 Å². The Bertz CT molecular complexity index is 945. The van der Waals surface area contributed by atoms with E-state index in [-0.39, 0.29) is 5.82 Å². The molecular formula is C16H11FN4. The van der Waals surface area contributed by atoms with E-state index in [1.54, 1.807) is 24.4 Å². The van der Waals surface area contributed by atoms with Gasteiger partial charge in [-0.25, -0.2) is 14.4 Å². The molecule has 0 aliphatic heterocycles. The summed E-state index contributed by atoms with van der Waals surface area (Å²) in [5, 5.41) is 3.02. The fourth-order valence-corrected chi connectivity index (χ4v) is 2.38. The van der Waals surface area contributed by atoms with Crippen molar-refractivity contribution in [1.29, 1.82) is 0 Å². The summed E-state index contributed by atoms with van der Waals surface area (Å²) in [7, 11) is 0. The molecule has 2 heterocycles. The lowest BCUT2D eigenvalue weighted by Crippen LogP contribution is -2.01. The molecule has 4 nitrogen and oxygen atoms in total. The Kier molecular flexibility index (Phi) is 2.57. The van der Waals surface area contributed by atoms with Crippen molar-refractivity contribution >= 4 is 28.2 Å². The molecule has 2 aromatic heterocycles. The van der Waals surface area contributed by atoms with Crippen molar-refractivity contribution in [3.63, 3.8) is 0 Å². The minimum absolute atomic E-state index is 0.322. The maximum atomic E-state index is 13.8. The maximum absolute atomic E-state index is 13.8. The molecule has 0 aliphatic carbocycles. The number of fused-ring (bicyclic) bond motifs is 3. The predicted octanol–water partition coefficient (Wildman–Crippen LogP) is 3.77. The number of rotatable bonds is 2. The van der Waals surface area contributed by atoms with Gasteiger partial charge in [0.2, 0.25) is 0 Å². The van der Waals surface area contributed by atoms with Crippen LogP contribution >= 0.6 is 0 Å². The summed E-state index contributed by atoms with van der Waals surface area (Å²) in [6.07, 6.45) is 3.57. The Labute approximate surface area is 119 Å². The molecule has 0 aliphatic rings. The standard InChI is InChI=1S/C16H11FN4/c17-11-5-1-2-6-12(11)19-15-16-18-9-10-21(16)14-8-4-3-7-13(14)20-15/h1-10H,(H,19,20). The van der Waals surface area contributed by atoms with Gasteiger partial charge in [-0.2, -0.15) is 0 Å². The van der Waals surface area contributed by atoms with Crippen LogP contribution in [-0.2, 0) is 0 Å². The Morgan fingerprint density at radius 3 is 2.71 bits per heavy atom. The van der Waals surface area contributed by atoms with E-state index in [0.29, 0.717) is 17.2 Å². The summed E-state index contributed by atoms with van der Waals surface area (Å²) >= 11 is 0. The maximum Gasteiger partial charge on any atom is 0.180 e. The Morgan fingerprint density at radius 2 is 1.81 bits per heavy atom. The van der Waals surface area contributed by atoms with E-state index < -0.39 is 0 Å². The number of nitrogens with zero attached hydrogens (tertiary/aromatic N) is 3. The molecule has 0 amide bonds. The number of hydrogen-bond donors (Lipinski definition) is 1. The highest BCUT2D eigenvalue weighted by Gasteiger charge is 2.10. The third kappa shape index (κ3) is 1.90. The molecule has 0 unspecified atom stereocenters. The number of anilines is 2. The second-order valence-corrected chi connectivity index (χ2v) is 4.67. The van der Waals surface area contributed by atoms with Crippen molar-refractivity contribution in [2.45, 2.75) is 0 Å². The van der Waals surface area contributed by atoms with Crippen molar-refractivity contribution in [2.24, 2.45) is 0 Å². The Hall–Kier alpha value is -2.95. The smallest absolute Gasteiger partial charge is 0.180 e. The molecule has 0 saturated heterocycles. The Morgan fingerprint density at radius 1 is 1.00 bits per heavy atom. The minimum Gasteiger partial charge on any atom is -0.335 e. The summed E-state index contributed by atoms with van der Waals surface area (Å²) in [6, 6.07) is 14.3. The van der Waals surface area contributed by atoms with Crippen molar-refractivity contribution in [3.05, 3.63) is 66.7 Å². The lowest BCUT2D eigenvalue weighted by Gasteiger charge is -2.10. The van der Waals surface area contributed by atoms with E-state index in [1.165, 1.54) is 6.07 Å². The van der Waals surface area contributed by atoms with Crippen LogP contribution in [0.5, 0.6) is 0 Å². The van der Waals surface area contributed by atoms with Crippen molar-refractivity contribution in [1.82, 2.24) is 14.4 Å². The van der Waals surface area contributed by atoms with Crippen LogP contribution in [0, 0.1) is 5.82 Å². The van der Waals surface area contributed by atoms with E-state index >= 15 is 0 Å². The highest BCUT2D eigenvalue weighted by molar-refractivity contribution is 5.84. The fraction of sp³-hybridized carbons (Fsp3) is 0. The van der Waals surface area contributed by atoms with Gasteiger partial charge in [-0.15, -0.1) is 0 Å². The summed E-state index contributed by atoms with van der Waals surface area (Å²) in [5.41, 5.74) is 2.83. The average Bonchev–Trinajstić information content (AvgIpc) is 3.00. The van der Waals surface area contributed by atoms with Crippen LogP contribution < -0.4 is 5.32 Å². The second kappa shape index (κ2) is 4.56. The molecule has 1 N–H and O–H groups in total. The normalized spacial score (nSPS) is 11.1. The van der Waals surface area contributed by atoms with Gasteiger partial charge in [0.15, 0.2) is 11.5 Å². The first-order valence-electron chi connectivity index (χ1n) is 6.56. The van der Waals surface area contributed by atoms with Crippen LogP contribution in [0.15, 0.2) is 60.9 Å². The van der Waals surface area contributed by atoms with Crippen LogP contribution in [0.1, 0.15) is 0 Å². The lowest BCUT2D eigenvalue weighted by molar-refractivity contribution is 0.632. The van der Waals surface area contributed by atoms with Crippen LogP contribution in [0.25, 0.3) is 16.7 Å². The lowest BCUT2D eigenvalue weighted by atomic mass is 10.3. The molecule has 0 bridgehead atoms. The summed E-state index contributed by atoms with van der Waals surface area (Å²) in [4.78, 5) is 8.86. The molecule has 102 valence electrons. The fourth-order valence-electron chi connectivity index (χ4n) is 2.38. The second-order valence-electron chi connectivity index (χ2n) is 4.67. The van der Waals surface area contributed by atoms with E-state index in [2.05, 4.69) is 15.3 Å². The van der Waals surface area contributed by atoms with Crippen molar-refractivity contribution < 1.29 is 4.39 Å². The number of hydrogen-bond acceptors (Lipinski definition) is 3. The average molecular weight is 278 g/mol. The van der Waals surface area contributed by atoms with E-state index in [1.807, 2.05) is 34.9 Å². The van der Waals surface area contributed by atoms with Crippen LogP contribution in [0.3, 0.4) is 0 Å². The van der Waals surface area contributed by atoms with Gasteiger partial charge in [-0.05, 0) is 24.3 Å². The number of benzene rings is 2. The summed E-state index contributed by atoms with van der Waals surface area (Å²) in [5.74, 6) is 0.209. The van der Waals surface area contributed by atoms with Crippen molar-refractivity contribution in [3.8, 4) is 0 Å². The van der Waals surface area contributed by atoms with Gasteiger partial charge in [0, 0.05) is 12.4 Å². The first kappa shape index (κ1) is 11.8. The Balaban J connectivity index is 1.95. The summed E-state index contributed by atoms with van der Waals surface area (Å²) in [6.45, 7) is 0. The summed E-state index contributed by atoms with van der Waals surface area (Å²) < 4.78 is 15.7. The first-order chi connectivity index (χ1) is 10.3.